The van der Waals surface area contributed by atoms with Gasteiger partial charge in [-0.3, -0.25) is 0 Å². The summed E-state index contributed by atoms with van der Waals surface area (Å²) in [4.78, 5) is 10.7. The lowest BCUT2D eigenvalue weighted by molar-refractivity contribution is -0.0149. The van der Waals surface area contributed by atoms with Gasteiger partial charge in [0.2, 0.25) is 0 Å². The zero-order valence-electron chi connectivity index (χ0n) is 9.61. The van der Waals surface area contributed by atoms with Crippen LogP contribution in [0, 0.1) is 0 Å². The van der Waals surface area contributed by atoms with Crippen molar-refractivity contribution >= 4 is 11.7 Å². The minimum atomic E-state index is -0.977. The Morgan fingerprint density at radius 1 is 1.39 bits per heavy atom. The van der Waals surface area contributed by atoms with Crippen LogP contribution in [0.5, 0.6) is 0 Å². The zero-order chi connectivity index (χ0) is 13.1. The molecule has 0 spiro atoms. The third kappa shape index (κ3) is 2.79. The Morgan fingerprint density at radius 2 is 2.06 bits per heavy atom. The summed E-state index contributed by atoms with van der Waals surface area (Å²) in [5, 5.41) is 30.3. The van der Waals surface area contributed by atoms with Gasteiger partial charge in [0.1, 0.15) is 12.3 Å². The predicted octanol–water partition coefficient (Wildman–Crippen LogP) is 0.265. The molecule has 98 valence electrons. The lowest BCUT2D eigenvalue weighted by Crippen LogP contribution is -2.25. The highest BCUT2D eigenvalue weighted by Crippen LogP contribution is 2.22. The van der Waals surface area contributed by atoms with E-state index in [4.69, 9.17) is 14.9 Å². The quantitative estimate of drug-likeness (QED) is 0.614. The summed E-state index contributed by atoms with van der Waals surface area (Å²) in [7, 11) is 0. The SMILES string of the molecule is O=C(O)c1ccc(N[C@H]2C[C@@H](O)[C@H](CO)O2)cc1. The summed E-state index contributed by atoms with van der Waals surface area (Å²) in [5.74, 6) is -0.977. The lowest BCUT2D eigenvalue weighted by atomic mass is 10.2. The van der Waals surface area contributed by atoms with Gasteiger partial charge in [-0.25, -0.2) is 4.79 Å². The van der Waals surface area contributed by atoms with Crippen molar-refractivity contribution in [3.63, 3.8) is 0 Å². The van der Waals surface area contributed by atoms with Gasteiger partial charge in [0, 0.05) is 12.1 Å². The fraction of sp³-hybridized carbons (Fsp3) is 0.417. The number of hydrogen-bond donors (Lipinski definition) is 4. The summed E-state index contributed by atoms with van der Waals surface area (Å²) < 4.78 is 5.38. The van der Waals surface area contributed by atoms with Gasteiger partial charge in [-0.15, -0.1) is 0 Å². The summed E-state index contributed by atoms with van der Waals surface area (Å²) in [6.07, 6.45) is -1.26. The van der Waals surface area contributed by atoms with Crippen molar-refractivity contribution in [2.75, 3.05) is 11.9 Å². The first kappa shape index (κ1) is 12.8. The van der Waals surface area contributed by atoms with Crippen LogP contribution >= 0.6 is 0 Å². The number of aliphatic hydroxyl groups is 2. The third-order valence-electron chi connectivity index (χ3n) is 2.86. The van der Waals surface area contributed by atoms with E-state index >= 15 is 0 Å². The maximum atomic E-state index is 10.7. The largest absolute Gasteiger partial charge is 0.478 e. The van der Waals surface area contributed by atoms with E-state index in [9.17, 15) is 9.90 Å². The second-order valence-corrected chi connectivity index (χ2v) is 4.18. The van der Waals surface area contributed by atoms with Gasteiger partial charge >= 0.3 is 5.97 Å². The molecule has 0 radical (unpaired) electrons. The second kappa shape index (κ2) is 5.34. The van der Waals surface area contributed by atoms with Crippen LogP contribution < -0.4 is 5.32 Å². The van der Waals surface area contributed by atoms with Crippen LogP contribution in [0.1, 0.15) is 16.8 Å². The molecular weight excluding hydrogens is 238 g/mol. The molecule has 2 rings (SSSR count). The monoisotopic (exact) mass is 253 g/mol. The van der Waals surface area contributed by atoms with Crippen molar-refractivity contribution in [3.05, 3.63) is 29.8 Å². The van der Waals surface area contributed by atoms with Crippen molar-refractivity contribution < 1.29 is 24.9 Å². The normalized spacial score (nSPS) is 27.1. The number of rotatable bonds is 4. The van der Waals surface area contributed by atoms with Crippen LogP contribution in [0.4, 0.5) is 5.69 Å². The van der Waals surface area contributed by atoms with Gasteiger partial charge < -0.3 is 25.4 Å². The highest BCUT2D eigenvalue weighted by Gasteiger charge is 2.33. The Kier molecular flexibility index (Phi) is 3.81. The standard InChI is InChI=1S/C12H15NO5/c14-6-10-9(15)5-11(18-10)13-8-3-1-7(2-4-8)12(16)17/h1-4,9-11,13-15H,5-6H2,(H,16,17)/t9-,10+,11-/m1/s1. The van der Waals surface area contributed by atoms with Crippen molar-refractivity contribution in [3.8, 4) is 0 Å². The van der Waals surface area contributed by atoms with E-state index in [-0.39, 0.29) is 18.4 Å². The van der Waals surface area contributed by atoms with Crippen LogP contribution in [0.25, 0.3) is 0 Å². The third-order valence-corrected chi connectivity index (χ3v) is 2.86. The minimum Gasteiger partial charge on any atom is -0.478 e. The Morgan fingerprint density at radius 3 is 2.56 bits per heavy atom. The van der Waals surface area contributed by atoms with Crippen molar-refractivity contribution in [2.45, 2.75) is 24.9 Å². The first-order chi connectivity index (χ1) is 8.60. The molecule has 0 unspecified atom stereocenters. The number of carboxylic acid groups (broad SMARTS) is 1. The number of carbonyl (C=O) groups is 1. The van der Waals surface area contributed by atoms with Gasteiger partial charge in [-0.1, -0.05) is 0 Å². The molecule has 0 amide bonds. The van der Waals surface area contributed by atoms with Gasteiger partial charge in [0.25, 0.3) is 0 Å². The van der Waals surface area contributed by atoms with Gasteiger partial charge in [-0.2, -0.15) is 0 Å². The molecule has 6 nitrogen and oxygen atoms in total. The van der Waals surface area contributed by atoms with E-state index in [1.165, 1.54) is 12.1 Å². The van der Waals surface area contributed by atoms with Crippen LogP contribution in [0.2, 0.25) is 0 Å². The second-order valence-electron chi connectivity index (χ2n) is 4.18. The van der Waals surface area contributed by atoms with Crippen LogP contribution in [-0.2, 0) is 4.74 Å². The van der Waals surface area contributed by atoms with E-state index in [0.29, 0.717) is 12.1 Å². The number of hydrogen-bond acceptors (Lipinski definition) is 5. The van der Waals surface area contributed by atoms with Gasteiger partial charge in [-0.05, 0) is 24.3 Å². The topological polar surface area (TPSA) is 99.0 Å². The number of nitrogens with one attached hydrogen (secondary N) is 1. The molecule has 6 heteroatoms. The van der Waals surface area contributed by atoms with E-state index in [1.54, 1.807) is 12.1 Å². The molecule has 0 aliphatic carbocycles. The summed E-state index contributed by atoms with van der Waals surface area (Å²) in [6.45, 7) is -0.225. The molecule has 0 saturated carbocycles. The highest BCUT2D eigenvalue weighted by molar-refractivity contribution is 5.87. The average Bonchev–Trinajstić information content (AvgIpc) is 2.70. The summed E-state index contributed by atoms with van der Waals surface area (Å²) in [5.41, 5.74) is 0.914. The first-order valence-electron chi connectivity index (χ1n) is 5.64. The van der Waals surface area contributed by atoms with Crippen LogP contribution in [0.3, 0.4) is 0 Å². The highest BCUT2D eigenvalue weighted by atomic mass is 16.5. The molecule has 0 bridgehead atoms. The van der Waals surface area contributed by atoms with Crippen molar-refractivity contribution in [2.24, 2.45) is 0 Å². The molecule has 1 saturated heterocycles. The molecule has 1 aliphatic rings. The molecule has 18 heavy (non-hydrogen) atoms. The fourth-order valence-electron chi connectivity index (χ4n) is 1.88. The van der Waals surface area contributed by atoms with E-state index in [0.717, 1.165) is 0 Å². The molecule has 1 aromatic carbocycles. The van der Waals surface area contributed by atoms with Crippen molar-refractivity contribution in [1.82, 2.24) is 0 Å². The number of aliphatic hydroxyl groups excluding tert-OH is 2. The Labute approximate surface area is 104 Å². The molecular formula is C12H15NO5. The number of anilines is 1. The maximum Gasteiger partial charge on any atom is 0.335 e. The smallest absolute Gasteiger partial charge is 0.335 e. The molecule has 0 aromatic heterocycles. The first-order valence-corrected chi connectivity index (χ1v) is 5.64. The molecule has 1 aliphatic heterocycles. The van der Waals surface area contributed by atoms with Crippen LogP contribution in [-0.4, -0.2) is 46.3 Å². The molecule has 1 fully saturated rings. The lowest BCUT2D eigenvalue weighted by Gasteiger charge is -2.14. The zero-order valence-corrected chi connectivity index (χ0v) is 9.61. The van der Waals surface area contributed by atoms with Gasteiger partial charge in [0.05, 0.1) is 18.3 Å². The predicted molar refractivity (Wildman–Crippen MR) is 63.4 cm³/mol. The number of benzene rings is 1. The number of ether oxygens (including phenoxy) is 1. The van der Waals surface area contributed by atoms with Crippen LogP contribution in [0.15, 0.2) is 24.3 Å². The molecule has 3 atom stereocenters. The van der Waals surface area contributed by atoms with Gasteiger partial charge in [0.15, 0.2) is 0 Å². The molecule has 1 heterocycles. The minimum absolute atomic E-state index is 0.209. The van der Waals surface area contributed by atoms with E-state index in [2.05, 4.69) is 5.32 Å². The fourth-order valence-corrected chi connectivity index (χ4v) is 1.88. The maximum absolute atomic E-state index is 10.7. The average molecular weight is 253 g/mol. The van der Waals surface area contributed by atoms with Crippen molar-refractivity contribution in [1.29, 1.82) is 0 Å². The summed E-state index contributed by atoms with van der Waals surface area (Å²) >= 11 is 0. The molecule has 4 N–H and O–H groups in total. The van der Waals surface area contributed by atoms with E-state index in [1.807, 2.05) is 0 Å². The molecule has 1 aromatic rings. The number of carboxylic acids is 1. The summed E-state index contributed by atoms with van der Waals surface area (Å²) in [6, 6.07) is 6.23. The number of aromatic carboxylic acids is 1. The Hall–Kier alpha value is -1.63. The Bertz CT molecular complexity index is 419. The van der Waals surface area contributed by atoms with E-state index < -0.39 is 18.2 Å². The Balaban J connectivity index is 1.96.